The van der Waals surface area contributed by atoms with Gasteiger partial charge in [0.05, 0.1) is 113 Å². The Morgan fingerprint density at radius 1 is 0.634 bits per heavy atom. The number of fused-ring (bicyclic) bond motifs is 4. The maximum Gasteiger partial charge on any atom is 0.257 e. The molecule has 0 aliphatic carbocycles. The number of piperazine rings is 1. The van der Waals surface area contributed by atoms with Crippen LogP contribution in [0.1, 0.15) is 63.9 Å². The van der Waals surface area contributed by atoms with Crippen LogP contribution in [0, 0.1) is 0 Å². The number of hydrogen-bond donors (Lipinski definition) is 1. The third kappa shape index (κ3) is 14.6. The molecule has 438 valence electrons. The lowest BCUT2D eigenvalue weighted by Gasteiger charge is -2.36. The molecule has 9 rings (SSSR count). The molecule has 0 radical (unpaired) electrons. The average molecular weight is 1150 g/mol. The maximum absolute atomic E-state index is 13.7. The monoisotopic (exact) mass is 1150 g/mol. The summed E-state index contributed by atoms with van der Waals surface area (Å²) in [6.45, 7) is 14.6. The van der Waals surface area contributed by atoms with Gasteiger partial charge in [-0.25, -0.2) is 0 Å². The summed E-state index contributed by atoms with van der Waals surface area (Å²) in [6, 6.07) is 12.7. The highest BCUT2D eigenvalue weighted by Gasteiger charge is 2.39. The van der Waals surface area contributed by atoms with Gasteiger partial charge in [-0.15, -0.1) is 0 Å². The summed E-state index contributed by atoms with van der Waals surface area (Å²) in [5.41, 5.74) is 6.41. The number of carbonyl (C=O) groups excluding carboxylic acids is 6. The summed E-state index contributed by atoms with van der Waals surface area (Å²) < 4.78 is 46.9. The molecule has 1 N–H and O–H groups in total. The Balaban J connectivity index is 0.726. The predicted molar refractivity (Wildman–Crippen MR) is 308 cm³/mol. The van der Waals surface area contributed by atoms with Crippen molar-refractivity contribution in [3.05, 3.63) is 89.0 Å². The number of amides is 6. The van der Waals surface area contributed by atoms with E-state index in [-0.39, 0.29) is 98.4 Å². The Bertz CT molecular complexity index is 2830. The molecule has 0 bridgehead atoms. The van der Waals surface area contributed by atoms with Crippen molar-refractivity contribution in [3.8, 4) is 23.0 Å². The number of anilines is 1. The van der Waals surface area contributed by atoms with E-state index >= 15 is 0 Å². The van der Waals surface area contributed by atoms with Crippen LogP contribution in [0.4, 0.5) is 17.1 Å². The third-order valence-corrected chi connectivity index (χ3v) is 15.9. The van der Waals surface area contributed by atoms with Crippen molar-refractivity contribution in [1.82, 2.24) is 24.9 Å². The molecule has 22 nitrogen and oxygen atoms in total. The van der Waals surface area contributed by atoms with Crippen molar-refractivity contribution < 1.29 is 66.7 Å². The summed E-state index contributed by atoms with van der Waals surface area (Å²) in [5, 5.41) is 2.37. The van der Waals surface area contributed by atoms with Crippen LogP contribution in [0.15, 0.2) is 76.8 Å². The number of carbonyl (C=O) groups is 6. The molecule has 6 aliphatic heterocycles. The highest BCUT2D eigenvalue weighted by molar-refractivity contribution is 8.00. The molecule has 23 heteroatoms. The van der Waals surface area contributed by atoms with E-state index in [0.29, 0.717) is 150 Å². The van der Waals surface area contributed by atoms with Gasteiger partial charge in [-0.2, -0.15) is 11.8 Å². The van der Waals surface area contributed by atoms with Crippen LogP contribution in [-0.4, -0.2) is 210 Å². The number of likely N-dealkylation sites (tertiary alicyclic amines) is 1. The molecule has 3 aromatic rings. The lowest BCUT2D eigenvalue weighted by atomic mass is 10.1. The molecule has 3 atom stereocenters. The lowest BCUT2D eigenvalue weighted by molar-refractivity contribution is -0.138. The van der Waals surface area contributed by atoms with E-state index in [1.54, 1.807) is 52.8 Å². The molecule has 6 aliphatic rings. The quantitative estimate of drug-likeness (QED) is 0.0577. The summed E-state index contributed by atoms with van der Waals surface area (Å²) in [4.78, 5) is 95.3. The predicted octanol–water partition coefficient (Wildman–Crippen LogP) is 4.94. The molecule has 6 heterocycles. The van der Waals surface area contributed by atoms with Crippen molar-refractivity contribution >= 4 is 76.7 Å². The van der Waals surface area contributed by atoms with Gasteiger partial charge in [0, 0.05) is 95.4 Å². The van der Waals surface area contributed by atoms with Crippen LogP contribution in [0.3, 0.4) is 0 Å². The largest absolute Gasteiger partial charge is 0.493 e. The van der Waals surface area contributed by atoms with Crippen LogP contribution >= 0.6 is 11.8 Å². The highest BCUT2D eigenvalue weighted by Crippen LogP contribution is 2.41. The molecule has 4 fully saturated rings. The van der Waals surface area contributed by atoms with Gasteiger partial charge in [0.15, 0.2) is 23.0 Å². The van der Waals surface area contributed by atoms with Crippen LogP contribution in [-0.2, 0) is 51.3 Å². The number of ether oxygens (including phenoxy) is 8. The lowest BCUT2D eigenvalue weighted by Crippen LogP contribution is -2.49. The molecule has 0 spiro atoms. The van der Waals surface area contributed by atoms with Gasteiger partial charge in [-0.3, -0.25) is 43.7 Å². The molecular weight excluding hydrogens is 1080 g/mol. The van der Waals surface area contributed by atoms with Crippen molar-refractivity contribution in [2.75, 3.05) is 131 Å². The summed E-state index contributed by atoms with van der Waals surface area (Å²) in [5.74, 6) is 0.663. The van der Waals surface area contributed by atoms with Gasteiger partial charge >= 0.3 is 0 Å². The van der Waals surface area contributed by atoms with E-state index < -0.39 is 0 Å². The van der Waals surface area contributed by atoms with Crippen LogP contribution < -0.4 is 29.2 Å². The third-order valence-electron chi connectivity index (χ3n) is 14.9. The van der Waals surface area contributed by atoms with E-state index in [1.807, 2.05) is 11.0 Å². The van der Waals surface area contributed by atoms with Gasteiger partial charge in [0.1, 0.15) is 13.2 Å². The zero-order valence-electron chi connectivity index (χ0n) is 46.9. The number of aliphatic imine (C=N–C) groups is 2. The number of rotatable bonds is 28. The number of benzene rings is 3. The summed E-state index contributed by atoms with van der Waals surface area (Å²) in [6.07, 6.45) is 7.18. The SMILES string of the molecule is C=C1C[C@H]2C=Nc3cc(OCc4cc(COc5cc6c(cc5OC)C(=O)N5CC(=C)C[C@H]5C=N6)cc(N5CCN(C(=O)CCOCCOCCOCCOCCNC(=O)CCN6C(=O)CC(SC)C6=O)CC5)c4)c(OC)cc3C(=O)N2C1. The molecule has 0 saturated carbocycles. The second kappa shape index (κ2) is 28.1. The standard InChI is InChI=1S/C59H72N8O14S/c1-38-22-43-32-61-47-29-51(49(74-3)27-45(47)57(71)66(43)34-38)80-36-40-24-41(37-81-52-30-48-46(28-50(52)75-4)58(72)67-35-39(2)23-44(67)33-62-48)26-42(25-40)63-10-12-64(13-11-63)55(69)7-14-76-16-18-78-20-21-79-19-17-77-15-8-60-54(68)6-9-65-56(70)31-53(82-5)59(65)73/h24-30,32-33,43-44,53H,1-2,6-23,31,34-37H2,3-5H3,(H,60,68)/t43-,44-,53?/m0/s1. The number of nitrogens with one attached hydrogen (secondary N) is 1. The Morgan fingerprint density at radius 2 is 1.15 bits per heavy atom. The fourth-order valence-electron chi connectivity index (χ4n) is 10.6. The maximum atomic E-state index is 13.7. The zero-order valence-corrected chi connectivity index (χ0v) is 47.7. The molecule has 82 heavy (non-hydrogen) atoms. The smallest absolute Gasteiger partial charge is 0.257 e. The van der Waals surface area contributed by atoms with Gasteiger partial charge in [-0.1, -0.05) is 24.3 Å². The van der Waals surface area contributed by atoms with Crippen LogP contribution in [0.25, 0.3) is 0 Å². The number of hydrogen-bond acceptors (Lipinski definition) is 18. The average Bonchev–Trinajstić information content (AvgIpc) is 4.16. The van der Waals surface area contributed by atoms with Crippen molar-refractivity contribution in [1.29, 1.82) is 0 Å². The topological polar surface area (TPSA) is 229 Å². The van der Waals surface area contributed by atoms with Gasteiger partial charge in [0.2, 0.25) is 23.6 Å². The minimum atomic E-state index is -0.361. The Kier molecular flexibility index (Phi) is 20.3. The highest BCUT2D eigenvalue weighted by atomic mass is 32.2. The first-order chi connectivity index (χ1) is 39.8. The fourth-order valence-corrected chi connectivity index (χ4v) is 11.2. The second-order valence-corrected chi connectivity index (χ2v) is 21.6. The first-order valence-corrected chi connectivity index (χ1v) is 28.9. The van der Waals surface area contributed by atoms with Crippen molar-refractivity contribution in [2.45, 2.75) is 62.7 Å². The minimum Gasteiger partial charge on any atom is -0.493 e. The van der Waals surface area contributed by atoms with E-state index in [2.05, 4.69) is 35.5 Å². The zero-order chi connectivity index (χ0) is 57.7. The van der Waals surface area contributed by atoms with Gasteiger partial charge in [-0.05, 0) is 60.6 Å². The fraction of sp³-hybridized carbons (Fsp3) is 0.492. The molecule has 1 unspecified atom stereocenters. The van der Waals surface area contributed by atoms with E-state index in [9.17, 15) is 28.8 Å². The van der Waals surface area contributed by atoms with Crippen molar-refractivity contribution in [2.24, 2.45) is 9.98 Å². The van der Waals surface area contributed by atoms with Gasteiger partial charge in [0.25, 0.3) is 11.8 Å². The van der Waals surface area contributed by atoms with Crippen LogP contribution in [0.5, 0.6) is 23.0 Å². The number of imide groups is 1. The molecular formula is C59H72N8O14S. The number of nitrogens with zero attached hydrogens (tertiary/aromatic N) is 7. The second-order valence-electron chi connectivity index (χ2n) is 20.6. The molecule has 0 aromatic heterocycles. The Labute approximate surface area is 481 Å². The first-order valence-electron chi connectivity index (χ1n) is 27.6. The van der Waals surface area contributed by atoms with E-state index in [1.165, 1.54) is 26.0 Å². The van der Waals surface area contributed by atoms with Crippen LogP contribution in [0.2, 0.25) is 0 Å². The minimum absolute atomic E-state index is 0.00489. The Morgan fingerprint density at radius 3 is 1.65 bits per heavy atom. The van der Waals surface area contributed by atoms with Gasteiger partial charge < -0.3 is 62.8 Å². The summed E-state index contributed by atoms with van der Waals surface area (Å²) >= 11 is 1.34. The van der Waals surface area contributed by atoms with Crippen molar-refractivity contribution in [3.63, 3.8) is 0 Å². The molecule has 3 aromatic carbocycles. The molecule has 6 amide bonds. The number of methoxy groups -OCH3 is 2. The van der Waals surface area contributed by atoms with E-state index in [4.69, 9.17) is 47.9 Å². The molecule has 4 saturated heterocycles. The normalized spacial score (nSPS) is 19.3. The van der Waals surface area contributed by atoms with E-state index in [0.717, 1.165) is 32.9 Å². The number of thioether (sulfide) groups is 1. The Hall–Kier alpha value is -7.31. The first kappa shape index (κ1) is 59.3. The summed E-state index contributed by atoms with van der Waals surface area (Å²) in [7, 11) is 3.08.